The summed E-state index contributed by atoms with van der Waals surface area (Å²) in [5.74, 6) is -0.395. The fourth-order valence-electron chi connectivity index (χ4n) is 3.27. The zero-order chi connectivity index (χ0) is 19.0. The first-order chi connectivity index (χ1) is 11.7. The number of rotatable bonds is 2. The molecule has 0 heterocycles. The molecule has 25 heavy (non-hydrogen) atoms. The molecule has 0 amide bonds. The molecule has 2 atom stereocenters. The van der Waals surface area contributed by atoms with Gasteiger partial charge in [-0.2, -0.15) is 0 Å². The molecule has 1 aliphatic carbocycles. The number of Topliss-reactive ketones (excluding diaryl/α,β-unsaturated/α-hetero) is 1. The van der Waals surface area contributed by atoms with Gasteiger partial charge in [-0.15, -0.1) is 0 Å². The number of carbonyl (C=O) groups is 3. The van der Waals surface area contributed by atoms with Crippen molar-refractivity contribution in [2.75, 3.05) is 7.11 Å². The predicted molar refractivity (Wildman–Crippen MR) is 99.1 cm³/mol. The second-order valence-electron chi connectivity index (χ2n) is 7.61. The van der Waals surface area contributed by atoms with Crippen LogP contribution in [-0.2, 0) is 19.1 Å². The molecule has 0 saturated carbocycles. The summed E-state index contributed by atoms with van der Waals surface area (Å²) in [5.41, 5.74) is 1.46. The largest absolute Gasteiger partial charge is 0.466 e. The van der Waals surface area contributed by atoms with Gasteiger partial charge in [-0.25, -0.2) is 4.79 Å². The van der Waals surface area contributed by atoms with Crippen LogP contribution < -0.4 is 0 Å². The van der Waals surface area contributed by atoms with E-state index in [2.05, 4.69) is 19.9 Å². The summed E-state index contributed by atoms with van der Waals surface area (Å²) >= 11 is 0. The molecule has 1 aliphatic rings. The normalized spacial score (nSPS) is 28.6. The van der Waals surface area contributed by atoms with Crippen molar-refractivity contribution < 1.29 is 19.1 Å². The molecule has 0 aliphatic heterocycles. The lowest BCUT2D eigenvalue weighted by Crippen LogP contribution is -2.21. The van der Waals surface area contributed by atoms with Gasteiger partial charge >= 0.3 is 5.97 Å². The molecule has 0 radical (unpaired) electrons. The van der Waals surface area contributed by atoms with Gasteiger partial charge in [0.15, 0.2) is 5.78 Å². The Morgan fingerprint density at radius 3 is 2.52 bits per heavy atom. The maximum absolute atomic E-state index is 12.7. The van der Waals surface area contributed by atoms with Crippen LogP contribution in [-0.4, -0.2) is 24.6 Å². The monoisotopic (exact) mass is 348 g/mol. The van der Waals surface area contributed by atoms with Crippen LogP contribution in [0.2, 0.25) is 0 Å². The number of methoxy groups -OCH3 is 1. The van der Waals surface area contributed by atoms with Crippen molar-refractivity contribution in [3.8, 4) is 0 Å². The zero-order valence-corrected chi connectivity index (χ0v) is 16.3. The molecule has 0 aromatic carbocycles. The number of ketones is 2. The van der Waals surface area contributed by atoms with Gasteiger partial charge in [-0.05, 0) is 50.5 Å². The molecule has 0 aromatic heterocycles. The Labute approximate surface area is 151 Å². The Morgan fingerprint density at radius 1 is 1.24 bits per heavy atom. The standard InChI is InChI=1S/C21H32O4/c1-14(2)19-10-9-15(3)7-6-8-16(4)11-18(22)12-17(13-20(19)23)21(24)25-5/h7,13-14,16,19H,6,8-12H2,1-5H3/b15-7+,17-13+/t16-,19-/m0/s1. The maximum atomic E-state index is 12.7. The first-order valence-electron chi connectivity index (χ1n) is 9.24. The molecule has 0 spiro atoms. The lowest BCUT2D eigenvalue weighted by Gasteiger charge is -2.19. The third kappa shape index (κ3) is 7.37. The Bertz CT molecular complexity index is 554. The summed E-state index contributed by atoms with van der Waals surface area (Å²) in [6, 6.07) is 0. The summed E-state index contributed by atoms with van der Waals surface area (Å²) in [4.78, 5) is 37.0. The van der Waals surface area contributed by atoms with Gasteiger partial charge < -0.3 is 4.74 Å². The van der Waals surface area contributed by atoms with E-state index in [0.717, 1.165) is 25.7 Å². The summed E-state index contributed by atoms with van der Waals surface area (Å²) in [6.07, 6.45) is 7.50. The highest BCUT2D eigenvalue weighted by Gasteiger charge is 2.24. The van der Waals surface area contributed by atoms with E-state index in [0.29, 0.717) is 6.42 Å². The van der Waals surface area contributed by atoms with Gasteiger partial charge in [0.2, 0.25) is 0 Å². The predicted octanol–water partition coefficient (Wildman–Crippen LogP) is 4.43. The van der Waals surface area contributed by atoms with E-state index in [1.807, 2.05) is 13.8 Å². The summed E-state index contributed by atoms with van der Waals surface area (Å²) < 4.78 is 4.77. The number of hydrogen-bond donors (Lipinski definition) is 0. The number of allylic oxidation sites excluding steroid dienone is 3. The summed E-state index contributed by atoms with van der Waals surface area (Å²) in [7, 11) is 1.28. The lowest BCUT2D eigenvalue weighted by molar-refractivity contribution is -0.137. The average Bonchev–Trinajstić information content (AvgIpc) is 2.52. The van der Waals surface area contributed by atoms with Gasteiger partial charge in [-0.1, -0.05) is 32.4 Å². The number of esters is 1. The van der Waals surface area contributed by atoms with Crippen molar-refractivity contribution >= 4 is 17.5 Å². The van der Waals surface area contributed by atoms with Crippen LogP contribution in [0.25, 0.3) is 0 Å². The second-order valence-corrected chi connectivity index (χ2v) is 7.61. The van der Waals surface area contributed by atoms with E-state index < -0.39 is 5.97 Å². The second kappa shape index (κ2) is 10.3. The number of ether oxygens (including phenoxy) is 1. The fraction of sp³-hybridized carbons (Fsp3) is 0.667. The van der Waals surface area contributed by atoms with Crippen LogP contribution in [0, 0.1) is 17.8 Å². The van der Waals surface area contributed by atoms with E-state index in [1.165, 1.54) is 18.8 Å². The molecule has 0 saturated heterocycles. The van der Waals surface area contributed by atoms with Crippen LogP contribution in [0.1, 0.15) is 66.2 Å². The lowest BCUT2D eigenvalue weighted by atomic mass is 9.84. The minimum absolute atomic E-state index is 0.0178. The molecule has 140 valence electrons. The molecule has 4 heteroatoms. The van der Waals surface area contributed by atoms with Gasteiger partial charge in [0.25, 0.3) is 0 Å². The van der Waals surface area contributed by atoms with Crippen molar-refractivity contribution in [3.63, 3.8) is 0 Å². The van der Waals surface area contributed by atoms with Crippen molar-refractivity contribution in [2.45, 2.75) is 66.2 Å². The first-order valence-corrected chi connectivity index (χ1v) is 9.24. The van der Waals surface area contributed by atoms with Crippen LogP contribution >= 0.6 is 0 Å². The van der Waals surface area contributed by atoms with E-state index in [-0.39, 0.29) is 41.3 Å². The summed E-state index contributed by atoms with van der Waals surface area (Å²) in [5, 5.41) is 0. The van der Waals surface area contributed by atoms with Gasteiger partial charge in [0.05, 0.1) is 7.11 Å². The van der Waals surface area contributed by atoms with Crippen LogP contribution in [0.3, 0.4) is 0 Å². The van der Waals surface area contributed by atoms with Crippen molar-refractivity contribution in [1.29, 1.82) is 0 Å². The fourth-order valence-corrected chi connectivity index (χ4v) is 3.27. The molecule has 0 bridgehead atoms. The number of carbonyl (C=O) groups excluding carboxylic acids is 3. The topological polar surface area (TPSA) is 60.4 Å². The van der Waals surface area contributed by atoms with Crippen LogP contribution in [0.5, 0.6) is 0 Å². The van der Waals surface area contributed by atoms with Gasteiger partial charge in [-0.3, -0.25) is 9.59 Å². The van der Waals surface area contributed by atoms with E-state index >= 15 is 0 Å². The third-order valence-corrected chi connectivity index (χ3v) is 4.90. The average molecular weight is 348 g/mol. The SMILES string of the molecule is COC(=O)/C1=C/C(=O)[C@H](C(C)C)CC/C(C)=C/CC[C@H](C)CC(=O)C1. The smallest absolute Gasteiger partial charge is 0.334 e. The molecule has 0 aromatic rings. The number of hydrogen-bond acceptors (Lipinski definition) is 4. The van der Waals surface area contributed by atoms with E-state index in [1.54, 1.807) is 0 Å². The Morgan fingerprint density at radius 2 is 1.92 bits per heavy atom. The van der Waals surface area contributed by atoms with Crippen molar-refractivity contribution in [2.24, 2.45) is 17.8 Å². The molecular formula is C21H32O4. The third-order valence-electron chi connectivity index (χ3n) is 4.90. The van der Waals surface area contributed by atoms with E-state index in [9.17, 15) is 14.4 Å². The molecule has 0 fully saturated rings. The molecule has 1 rings (SSSR count). The quantitative estimate of drug-likeness (QED) is 0.547. The van der Waals surface area contributed by atoms with Gasteiger partial charge in [0.1, 0.15) is 5.78 Å². The maximum Gasteiger partial charge on any atom is 0.334 e. The highest BCUT2D eigenvalue weighted by molar-refractivity contribution is 6.03. The molecule has 4 nitrogen and oxygen atoms in total. The zero-order valence-electron chi connectivity index (χ0n) is 16.3. The van der Waals surface area contributed by atoms with Crippen molar-refractivity contribution in [1.82, 2.24) is 0 Å². The van der Waals surface area contributed by atoms with E-state index in [4.69, 9.17) is 4.74 Å². The summed E-state index contributed by atoms with van der Waals surface area (Å²) in [6.45, 7) is 8.18. The van der Waals surface area contributed by atoms with Crippen molar-refractivity contribution in [3.05, 3.63) is 23.3 Å². The van der Waals surface area contributed by atoms with Crippen LogP contribution in [0.4, 0.5) is 0 Å². The highest BCUT2D eigenvalue weighted by Crippen LogP contribution is 2.24. The Kier molecular flexibility index (Phi) is 8.81. The molecule has 0 N–H and O–H groups in total. The Hall–Kier alpha value is -1.71. The van der Waals surface area contributed by atoms with Crippen LogP contribution in [0.15, 0.2) is 23.3 Å². The first kappa shape index (κ1) is 21.3. The minimum Gasteiger partial charge on any atom is -0.466 e. The highest BCUT2D eigenvalue weighted by atomic mass is 16.5. The molecular weight excluding hydrogens is 316 g/mol. The van der Waals surface area contributed by atoms with Gasteiger partial charge in [0, 0.05) is 24.3 Å². The minimum atomic E-state index is -0.583. The Balaban J connectivity index is 3.14. The molecule has 0 unspecified atom stereocenters.